The lowest BCUT2D eigenvalue weighted by atomic mass is 10.4. The van der Waals surface area contributed by atoms with Gasteiger partial charge in [0.05, 0.1) is 13.2 Å². The van der Waals surface area contributed by atoms with Crippen LogP contribution in [0.15, 0.2) is 0 Å². The molecule has 0 heterocycles. The Kier molecular flexibility index (Phi) is 88.7. The summed E-state index contributed by atoms with van der Waals surface area (Å²) in [6.45, 7) is 16.6. The molecular weight excluding hydrogens is 534 g/mol. The number of methoxy groups -OCH3 is 4. The van der Waals surface area contributed by atoms with E-state index in [0.717, 1.165) is 6.92 Å². The fourth-order valence-electron chi connectivity index (χ4n) is 1.27. The highest BCUT2D eigenvalue weighted by Crippen LogP contribution is 1.82. The Labute approximate surface area is 254 Å². The summed E-state index contributed by atoms with van der Waals surface area (Å²) in [5, 5.41) is 10.2. The van der Waals surface area contributed by atoms with Crippen molar-refractivity contribution in [3.05, 3.63) is 0 Å². The summed E-state index contributed by atoms with van der Waals surface area (Å²) in [4.78, 5) is 35.0. The number of amides is 2. The summed E-state index contributed by atoms with van der Waals surface area (Å²) >= 11 is 0. The zero-order valence-electron chi connectivity index (χ0n) is 29.9. The quantitative estimate of drug-likeness (QED) is 0.248. The van der Waals surface area contributed by atoms with Gasteiger partial charge in [-0.1, -0.05) is 34.6 Å². The molecule has 13 nitrogen and oxygen atoms in total. The van der Waals surface area contributed by atoms with E-state index in [-0.39, 0.29) is 11.8 Å². The lowest BCUT2D eigenvalue weighted by molar-refractivity contribution is -0.134. The highest BCUT2D eigenvalue weighted by Gasteiger charge is 1.95. The van der Waals surface area contributed by atoms with Gasteiger partial charge in [-0.25, -0.2) is 0 Å². The van der Waals surface area contributed by atoms with Crippen LogP contribution >= 0.6 is 0 Å². The van der Waals surface area contributed by atoms with Crippen molar-refractivity contribution >= 4 is 17.8 Å². The number of carbonyl (C=O) groups is 3. The van der Waals surface area contributed by atoms with Crippen LogP contribution in [0.3, 0.4) is 0 Å². The number of hydrogen-bond acceptors (Lipinski definition) is 10. The highest BCUT2D eigenvalue weighted by atomic mass is 16.6. The number of nitrogens with one attached hydrogen (secondary N) is 1. The minimum absolute atomic E-state index is 0.181. The predicted octanol–water partition coefficient (Wildman–Crippen LogP) is 2.33. The number of carbonyl (C=O) groups excluding carboxylic acids is 2. The molecule has 0 aliphatic carbocycles. The van der Waals surface area contributed by atoms with Gasteiger partial charge in [0.1, 0.15) is 6.79 Å². The molecule has 0 unspecified atom stereocenters. The van der Waals surface area contributed by atoms with Gasteiger partial charge in [0.25, 0.3) is 5.97 Å². The fourth-order valence-corrected chi connectivity index (χ4v) is 1.27. The lowest BCUT2D eigenvalue weighted by Gasteiger charge is -2.13. The van der Waals surface area contributed by atoms with Gasteiger partial charge in [0, 0.05) is 62.3 Å². The first kappa shape index (κ1) is 58.7. The molecule has 0 fully saturated rings. The number of rotatable bonds is 10. The number of aliphatic carboxylic acids is 1. The van der Waals surface area contributed by atoms with Crippen molar-refractivity contribution in [2.75, 3.05) is 117 Å². The summed E-state index contributed by atoms with van der Waals surface area (Å²) in [5.41, 5.74) is 4.65. The van der Waals surface area contributed by atoms with Crippen LogP contribution in [0.25, 0.3) is 0 Å². The van der Waals surface area contributed by atoms with E-state index in [1.807, 2.05) is 47.1 Å². The van der Waals surface area contributed by atoms with Gasteiger partial charge in [0.2, 0.25) is 11.8 Å². The lowest BCUT2D eigenvalue weighted by Crippen LogP contribution is -2.21. The van der Waals surface area contributed by atoms with Crippen LogP contribution < -0.4 is 11.1 Å². The van der Waals surface area contributed by atoms with Crippen LogP contribution in [0, 0.1) is 0 Å². The van der Waals surface area contributed by atoms with Gasteiger partial charge in [-0.2, -0.15) is 0 Å². The molecule has 4 N–H and O–H groups in total. The van der Waals surface area contributed by atoms with Crippen molar-refractivity contribution in [2.24, 2.45) is 5.73 Å². The summed E-state index contributed by atoms with van der Waals surface area (Å²) in [6, 6.07) is 0. The van der Waals surface area contributed by atoms with E-state index in [0.29, 0.717) is 32.8 Å². The highest BCUT2D eigenvalue weighted by molar-refractivity contribution is 5.75. The van der Waals surface area contributed by atoms with Gasteiger partial charge in [-0.3, -0.25) is 14.4 Å². The van der Waals surface area contributed by atoms with E-state index in [2.05, 4.69) is 55.7 Å². The molecule has 0 saturated carbocycles. The zero-order valence-corrected chi connectivity index (χ0v) is 29.9. The van der Waals surface area contributed by atoms with Crippen molar-refractivity contribution < 1.29 is 38.4 Å². The minimum atomic E-state index is -0.833. The van der Waals surface area contributed by atoms with Gasteiger partial charge >= 0.3 is 0 Å². The Hall–Kier alpha value is -1.87. The Morgan fingerprint density at radius 2 is 0.951 bits per heavy atom. The number of carboxylic acids is 1. The maximum Gasteiger partial charge on any atom is 0.300 e. The maximum absolute atomic E-state index is 10.4. The van der Waals surface area contributed by atoms with Crippen molar-refractivity contribution in [2.45, 2.75) is 54.4 Å². The summed E-state index contributed by atoms with van der Waals surface area (Å²) < 4.78 is 18.3. The maximum atomic E-state index is 10.4. The fraction of sp³-hybridized carbons (Fsp3) is 0.893. The Morgan fingerprint density at radius 3 is 0.976 bits per heavy atom. The first-order valence-electron chi connectivity index (χ1n) is 13.6. The molecule has 256 valence electrons. The van der Waals surface area contributed by atoms with Crippen molar-refractivity contribution in [1.82, 2.24) is 20.0 Å². The third-order valence-corrected chi connectivity index (χ3v) is 3.22. The molecule has 0 rings (SSSR count). The monoisotopic (exact) mass is 606 g/mol. The summed E-state index contributed by atoms with van der Waals surface area (Å²) in [7, 11) is 19.7. The molecule has 0 spiro atoms. The molecule has 41 heavy (non-hydrogen) atoms. The number of ether oxygens (including phenoxy) is 4. The molecule has 0 saturated heterocycles. The smallest absolute Gasteiger partial charge is 0.300 e. The van der Waals surface area contributed by atoms with Crippen molar-refractivity contribution in [3.8, 4) is 0 Å². The number of nitrogens with zero attached hydrogens (tertiary/aromatic N) is 3. The standard InChI is InChI=1S/C6H15N.C5H11NO.C4H10O2.C3H7NO.C3H9N.C3H8O2.C2H7N.C2H4O2/c1-4-7(5-2)6-3;1-4-5(7)6(2)3;1-5-3-4-6-2;1-2-3(4)5;1-4(2)3;1-4-3-5-2;1-3-2;1-2(3)4/h4-6H2,1-3H3;4H2,1-3H3;3-4H2,1-2H3;2H2,1H3,(H2,4,5);1-3H3;3H2,1-2H3;3H,1-2H3;1H3,(H,3,4). The second-order valence-corrected chi connectivity index (χ2v) is 8.12. The normalized spacial score (nSPS) is 8.37. The Bertz CT molecular complexity index is 437. The third-order valence-electron chi connectivity index (χ3n) is 3.22. The molecule has 0 atom stereocenters. The molecule has 0 aliphatic rings. The molecule has 13 heteroatoms. The third kappa shape index (κ3) is 170. The van der Waals surface area contributed by atoms with E-state index >= 15 is 0 Å². The zero-order chi connectivity index (χ0) is 34.7. The second kappa shape index (κ2) is 61.9. The Morgan fingerprint density at radius 1 is 0.707 bits per heavy atom. The van der Waals surface area contributed by atoms with E-state index in [9.17, 15) is 9.59 Å². The predicted molar refractivity (Wildman–Crippen MR) is 172 cm³/mol. The molecular formula is C28H71N5O8. The van der Waals surface area contributed by atoms with Gasteiger partial charge in [-0.15, -0.1) is 0 Å². The molecule has 0 aliphatic heterocycles. The average Bonchev–Trinajstić information content (AvgIpc) is 2.89. The minimum Gasteiger partial charge on any atom is -0.481 e. The largest absolute Gasteiger partial charge is 0.481 e. The van der Waals surface area contributed by atoms with Crippen LogP contribution in [-0.2, 0) is 33.3 Å². The van der Waals surface area contributed by atoms with Crippen LogP contribution in [0.1, 0.15) is 54.4 Å². The van der Waals surface area contributed by atoms with Crippen LogP contribution in [-0.4, -0.2) is 155 Å². The Balaban J connectivity index is -0.0000000513. The van der Waals surface area contributed by atoms with Crippen molar-refractivity contribution in [3.63, 3.8) is 0 Å². The molecule has 0 aromatic heterocycles. The molecule has 0 bridgehead atoms. The topological polar surface area (TPSA) is 156 Å². The van der Waals surface area contributed by atoms with Crippen LogP contribution in [0.2, 0.25) is 0 Å². The first-order valence-corrected chi connectivity index (χ1v) is 13.6. The van der Waals surface area contributed by atoms with Gasteiger partial charge in [-0.05, 0) is 54.9 Å². The first-order chi connectivity index (χ1) is 19.0. The average molecular weight is 606 g/mol. The van der Waals surface area contributed by atoms with Crippen molar-refractivity contribution in [1.29, 1.82) is 0 Å². The molecule has 0 aromatic rings. The summed E-state index contributed by atoms with van der Waals surface area (Å²) in [6.07, 6.45) is 1.05. The van der Waals surface area contributed by atoms with E-state index in [1.165, 1.54) is 19.6 Å². The number of nitrogens with two attached hydrogens (primary N) is 1. The van der Waals surface area contributed by atoms with E-state index in [1.54, 1.807) is 54.4 Å². The molecule has 0 radical (unpaired) electrons. The number of carboxylic acid groups (broad SMARTS) is 1. The van der Waals surface area contributed by atoms with Gasteiger partial charge < -0.3 is 49.8 Å². The molecule has 2 amide bonds. The van der Waals surface area contributed by atoms with E-state index < -0.39 is 5.97 Å². The number of hydrogen-bond donors (Lipinski definition) is 3. The SMILES string of the molecule is CC(=O)O.CCC(=O)N(C)C.CCC(N)=O.CCN(CC)CC.CN(C)C.CNC.COCCOC.COCOC. The van der Waals surface area contributed by atoms with Crippen LogP contribution in [0.5, 0.6) is 0 Å². The number of primary amides is 1. The van der Waals surface area contributed by atoms with Crippen LogP contribution in [0.4, 0.5) is 0 Å². The van der Waals surface area contributed by atoms with E-state index in [4.69, 9.17) is 9.90 Å². The summed E-state index contributed by atoms with van der Waals surface area (Å²) in [5.74, 6) is -0.898. The molecule has 0 aromatic carbocycles. The second-order valence-electron chi connectivity index (χ2n) is 8.12. The van der Waals surface area contributed by atoms with Gasteiger partial charge in [0.15, 0.2) is 0 Å².